The highest BCUT2D eigenvalue weighted by molar-refractivity contribution is 5.73. The van der Waals surface area contributed by atoms with E-state index >= 15 is 0 Å². The third-order valence-electron chi connectivity index (χ3n) is 4.42. The van der Waals surface area contributed by atoms with E-state index in [1.54, 1.807) is 0 Å². The van der Waals surface area contributed by atoms with E-state index in [9.17, 15) is 9.90 Å². The smallest absolute Gasteiger partial charge is 0.320 e. The fraction of sp³-hybridized carbons (Fsp3) is 0.588. The number of carboxylic acids is 1. The van der Waals surface area contributed by atoms with Crippen LogP contribution >= 0.6 is 0 Å². The molecule has 2 heterocycles. The van der Waals surface area contributed by atoms with Gasteiger partial charge in [0, 0.05) is 13.2 Å². The quantitative estimate of drug-likeness (QED) is 0.874. The minimum Gasteiger partial charge on any atom is -0.491 e. The molecular formula is C17H23NO4. The van der Waals surface area contributed by atoms with Gasteiger partial charge in [-0.25, -0.2) is 0 Å². The molecule has 2 aliphatic rings. The molecule has 22 heavy (non-hydrogen) atoms. The topological polar surface area (TPSA) is 59.0 Å². The zero-order valence-corrected chi connectivity index (χ0v) is 12.7. The first-order valence-electron chi connectivity index (χ1n) is 8.02. The third kappa shape index (κ3) is 3.78. The summed E-state index contributed by atoms with van der Waals surface area (Å²) >= 11 is 0. The van der Waals surface area contributed by atoms with Crippen LogP contribution in [-0.4, -0.2) is 47.9 Å². The van der Waals surface area contributed by atoms with Crippen molar-refractivity contribution in [1.29, 1.82) is 0 Å². The Hall–Kier alpha value is -1.59. The maximum atomic E-state index is 11.2. The van der Waals surface area contributed by atoms with Crippen molar-refractivity contribution >= 4 is 5.97 Å². The van der Waals surface area contributed by atoms with Gasteiger partial charge in [-0.3, -0.25) is 9.69 Å². The van der Waals surface area contributed by atoms with Crippen LogP contribution in [-0.2, 0) is 16.1 Å². The maximum absolute atomic E-state index is 11.2. The molecule has 120 valence electrons. The second kappa shape index (κ2) is 7.11. The van der Waals surface area contributed by atoms with Gasteiger partial charge in [-0.1, -0.05) is 12.1 Å². The first-order chi connectivity index (χ1) is 10.7. The van der Waals surface area contributed by atoms with Crippen molar-refractivity contribution in [3.8, 4) is 5.75 Å². The van der Waals surface area contributed by atoms with Crippen molar-refractivity contribution in [1.82, 2.24) is 4.90 Å². The van der Waals surface area contributed by atoms with Crippen LogP contribution in [0.1, 0.15) is 31.2 Å². The predicted octanol–water partition coefficient (Wildman–Crippen LogP) is 2.29. The summed E-state index contributed by atoms with van der Waals surface area (Å²) in [6.07, 6.45) is 4.12. The molecule has 3 rings (SSSR count). The predicted molar refractivity (Wildman–Crippen MR) is 82.0 cm³/mol. The Labute approximate surface area is 130 Å². The Bertz CT molecular complexity index is 496. The molecule has 5 nitrogen and oxygen atoms in total. The molecule has 0 radical (unpaired) electrons. The summed E-state index contributed by atoms with van der Waals surface area (Å²) in [6, 6.07) is 7.60. The monoisotopic (exact) mass is 305 g/mol. The van der Waals surface area contributed by atoms with Gasteiger partial charge in [0.1, 0.15) is 18.4 Å². The van der Waals surface area contributed by atoms with Gasteiger partial charge in [0.25, 0.3) is 0 Å². The molecule has 0 bridgehead atoms. The summed E-state index contributed by atoms with van der Waals surface area (Å²) < 4.78 is 11.3. The van der Waals surface area contributed by atoms with Crippen LogP contribution in [0, 0.1) is 0 Å². The standard InChI is InChI=1S/C17H23NO4/c19-17(20)16-4-1-9-18(16)11-13-5-7-14(8-6-13)22-12-15-3-2-10-21-15/h5-8,15-16H,1-4,9-12H2,(H,19,20). The zero-order valence-electron chi connectivity index (χ0n) is 12.7. The van der Waals surface area contributed by atoms with Crippen LogP contribution in [0.5, 0.6) is 5.75 Å². The van der Waals surface area contributed by atoms with Gasteiger partial charge >= 0.3 is 5.97 Å². The van der Waals surface area contributed by atoms with Crippen molar-refractivity contribution < 1.29 is 19.4 Å². The fourth-order valence-corrected chi connectivity index (χ4v) is 3.19. The van der Waals surface area contributed by atoms with Crippen LogP contribution in [0.2, 0.25) is 0 Å². The van der Waals surface area contributed by atoms with Crippen LogP contribution < -0.4 is 4.74 Å². The lowest BCUT2D eigenvalue weighted by atomic mass is 10.2. The zero-order chi connectivity index (χ0) is 15.4. The molecule has 1 aromatic carbocycles. The molecule has 0 aromatic heterocycles. The lowest BCUT2D eigenvalue weighted by Gasteiger charge is -2.21. The molecule has 5 heteroatoms. The van der Waals surface area contributed by atoms with Gasteiger partial charge < -0.3 is 14.6 Å². The minimum atomic E-state index is -0.714. The summed E-state index contributed by atoms with van der Waals surface area (Å²) in [4.78, 5) is 13.2. The van der Waals surface area contributed by atoms with Gasteiger partial charge in [-0.05, 0) is 49.9 Å². The summed E-state index contributed by atoms with van der Waals surface area (Å²) in [5.41, 5.74) is 1.12. The van der Waals surface area contributed by atoms with Gasteiger partial charge in [0.15, 0.2) is 0 Å². The van der Waals surface area contributed by atoms with Crippen LogP contribution in [0.4, 0.5) is 0 Å². The summed E-state index contributed by atoms with van der Waals surface area (Å²) in [6.45, 7) is 2.98. The number of hydrogen-bond donors (Lipinski definition) is 1. The van der Waals surface area contributed by atoms with Gasteiger partial charge in [-0.2, -0.15) is 0 Å². The molecule has 0 aliphatic carbocycles. The highest BCUT2D eigenvalue weighted by Gasteiger charge is 2.30. The summed E-state index contributed by atoms with van der Waals surface area (Å²) in [5, 5.41) is 9.21. The number of carboxylic acid groups (broad SMARTS) is 1. The molecule has 0 spiro atoms. The Morgan fingerprint density at radius 2 is 2.09 bits per heavy atom. The van der Waals surface area contributed by atoms with Gasteiger partial charge in [-0.15, -0.1) is 0 Å². The van der Waals surface area contributed by atoms with Crippen molar-refractivity contribution in [2.45, 2.75) is 44.4 Å². The van der Waals surface area contributed by atoms with E-state index < -0.39 is 5.97 Å². The van der Waals surface area contributed by atoms with Gasteiger partial charge in [0.05, 0.1) is 6.10 Å². The summed E-state index contributed by atoms with van der Waals surface area (Å²) in [7, 11) is 0. The van der Waals surface area contributed by atoms with E-state index in [-0.39, 0.29) is 12.1 Å². The highest BCUT2D eigenvalue weighted by atomic mass is 16.5. The largest absolute Gasteiger partial charge is 0.491 e. The first kappa shape index (κ1) is 15.3. The second-order valence-electron chi connectivity index (χ2n) is 6.06. The van der Waals surface area contributed by atoms with E-state index in [1.165, 1.54) is 0 Å². The number of benzene rings is 1. The number of rotatable bonds is 6. The molecule has 2 fully saturated rings. The SMILES string of the molecule is O=C(O)C1CCCN1Cc1ccc(OCC2CCCO2)cc1. The van der Waals surface area contributed by atoms with E-state index in [4.69, 9.17) is 9.47 Å². The average molecular weight is 305 g/mol. The third-order valence-corrected chi connectivity index (χ3v) is 4.42. The molecule has 1 aromatic rings. The van der Waals surface area contributed by atoms with E-state index in [0.717, 1.165) is 50.1 Å². The maximum Gasteiger partial charge on any atom is 0.320 e. The van der Waals surface area contributed by atoms with Crippen molar-refractivity contribution in [2.24, 2.45) is 0 Å². The molecule has 2 aliphatic heterocycles. The summed E-state index contributed by atoms with van der Waals surface area (Å²) in [5.74, 6) is 0.129. The number of hydrogen-bond acceptors (Lipinski definition) is 4. The van der Waals surface area contributed by atoms with E-state index in [0.29, 0.717) is 13.2 Å². The molecule has 0 saturated carbocycles. The van der Waals surface area contributed by atoms with Crippen LogP contribution in [0.3, 0.4) is 0 Å². The molecule has 0 amide bonds. The normalized spacial score (nSPS) is 25.5. The Kier molecular flexibility index (Phi) is 4.95. The average Bonchev–Trinajstić information content (AvgIpc) is 3.17. The van der Waals surface area contributed by atoms with E-state index in [1.807, 2.05) is 29.2 Å². The molecule has 1 N–H and O–H groups in total. The van der Waals surface area contributed by atoms with Crippen molar-refractivity contribution in [3.63, 3.8) is 0 Å². The lowest BCUT2D eigenvalue weighted by Crippen LogP contribution is -2.35. The molecule has 2 atom stereocenters. The number of likely N-dealkylation sites (tertiary alicyclic amines) is 1. The van der Waals surface area contributed by atoms with Crippen molar-refractivity contribution in [2.75, 3.05) is 19.8 Å². The van der Waals surface area contributed by atoms with Crippen molar-refractivity contribution in [3.05, 3.63) is 29.8 Å². The lowest BCUT2D eigenvalue weighted by molar-refractivity contribution is -0.142. The molecule has 2 saturated heterocycles. The Balaban J connectivity index is 1.51. The number of nitrogens with zero attached hydrogens (tertiary/aromatic N) is 1. The Morgan fingerprint density at radius 3 is 2.77 bits per heavy atom. The molecular weight excluding hydrogens is 282 g/mol. The van der Waals surface area contributed by atoms with Crippen LogP contribution in [0.15, 0.2) is 24.3 Å². The second-order valence-corrected chi connectivity index (χ2v) is 6.06. The first-order valence-corrected chi connectivity index (χ1v) is 8.02. The van der Waals surface area contributed by atoms with Crippen LogP contribution in [0.25, 0.3) is 0 Å². The number of aliphatic carboxylic acids is 1. The molecule has 2 unspecified atom stereocenters. The van der Waals surface area contributed by atoms with Gasteiger partial charge in [0.2, 0.25) is 0 Å². The number of carbonyl (C=O) groups is 1. The fourth-order valence-electron chi connectivity index (χ4n) is 3.19. The minimum absolute atomic E-state index is 0.223. The Morgan fingerprint density at radius 1 is 1.27 bits per heavy atom. The highest BCUT2D eigenvalue weighted by Crippen LogP contribution is 2.22. The number of ether oxygens (including phenoxy) is 2. The van der Waals surface area contributed by atoms with E-state index in [2.05, 4.69) is 0 Å².